The van der Waals surface area contributed by atoms with E-state index in [1.165, 1.54) is 44.8 Å². The molecule has 0 radical (unpaired) electrons. The molecule has 0 amide bonds. The summed E-state index contributed by atoms with van der Waals surface area (Å²) < 4.78 is 15.2. The molecule has 5 aromatic rings. The van der Waals surface area contributed by atoms with Gasteiger partial charge < -0.3 is 0 Å². The Hall–Kier alpha value is -3.52. The molecule has 1 nitrogen and oxygen atoms in total. The Balaban J connectivity index is 1.71. The van der Waals surface area contributed by atoms with Crippen LogP contribution in [0.5, 0.6) is 0 Å². The Kier molecular flexibility index (Phi) is 3.68. The highest BCUT2D eigenvalue weighted by atomic mass is 19.1. The number of fused-ring (bicyclic) bond motifs is 2. The Morgan fingerprint density at radius 2 is 1.15 bits per heavy atom. The molecule has 128 valence electrons. The molecule has 0 atom stereocenters. The number of aromatic nitrogens is 1. The highest BCUT2D eigenvalue weighted by molar-refractivity contribution is 6.12. The molecule has 0 aliphatic carbocycles. The second kappa shape index (κ2) is 6.33. The molecule has 0 unspecified atom stereocenters. The lowest BCUT2D eigenvalue weighted by molar-refractivity contribution is -0.595. The van der Waals surface area contributed by atoms with Crippen LogP contribution in [0.3, 0.4) is 0 Å². The van der Waals surface area contributed by atoms with Gasteiger partial charge in [-0.05, 0) is 50.9 Å². The lowest BCUT2D eigenvalue weighted by atomic mass is 9.92. The molecule has 0 aliphatic rings. The van der Waals surface area contributed by atoms with Crippen LogP contribution in [0.15, 0.2) is 103 Å². The quantitative estimate of drug-likeness (QED) is 0.268. The summed E-state index contributed by atoms with van der Waals surface area (Å²) in [5, 5.41) is 4.97. The van der Waals surface area contributed by atoms with Gasteiger partial charge in [0.25, 0.3) is 0 Å². The van der Waals surface area contributed by atoms with Gasteiger partial charge in [0.05, 0.1) is 0 Å². The second-order valence-corrected chi connectivity index (χ2v) is 6.66. The van der Waals surface area contributed by atoms with E-state index in [0.717, 1.165) is 5.69 Å². The van der Waals surface area contributed by atoms with Gasteiger partial charge in [0.1, 0.15) is 5.82 Å². The van der Waals surface area contributed by atoms with Crippen molar-refractivity contribution in [2.24, 2.45) is 0 Å². The zero-order valence-electron chi connectivity index (χ0n) is 14.6. The smallest absolute Gasteiger partial charge is 0.207 e. The highest BCUT2D eigenvalue weighted by Gasteiger charge is 2.12. The number of hydrogen-bond donors (Lipinski definition) is 0. The van der Waals surface area contributed by atoms with E-state index >= 15 is 0 Å². The van der Waals surface area contributed by atoms with Crippen LogP contribution in [0.2, 0.25) is 0 Å². The standard InChI is InChI=1S/C25H17FN/c26-21-9-11-22(12-10-21)27-15-13-18(14-16-27)25-23-7-3-1-5-19(23)17-20-6-2-4-8-24(20)25/h1-17H/q+1. The molecule has 0 saturated carbocycles. The maximum Gasteiger partial charge on any atom is 0.210 e. The van der Waals surface area contributed by atoms with E-state index in [-0.39, 0.29) is 5.82 Å². The number of hydrogen-bond acceptors (Lipinski definition) is 0. The molecular formula is C25H17FN+. The zero-order valence-corrected chi connectivity index (χ0v) is 14.6. The van der Waals surface area contributed by atoms with E-state index in [0.29, 0.717) is 0 Å². The van der Waals surface area contributed by atoms with Gasteiger partial charge in [-0.3, -0.25) is 0 Å². The Morgan fingerprint density at radius 3 is 1.74 bits per heavy atom. The predicted octanol–water partition coefficient (Wildman–Crippen LogP) is 6.08. The van der Waals surface area contributed by atoms with Gasteiger partial charge in [0.2, 0.25) is 5.69 Å². The van der Waals surface area contributed by atoms with Crippen LogP contribution in [-0.4, -0.2) is 0 Å². The topological polar surface area (TPSA) is 3.88 Å². The maximum absolute atomic E-state index is 13.2. The molecule has 0 saturated heterocycles. The summed E-state index contributed by atoms with van der Waals surface area (Å²) in [5.74, 6) is -0.224. The Morgan fingerprint density at radius 1 is 0.593 bits per heavy atom. The lowest BCUT2D eigenvalue weighted by Crippen LogP contribution is -2.29. The fourth-order valence-corrected chi connectivity index (χ4v) is 3.70. The molecule has 5 rings (SSSR count). The molecule has 1 heterocycles. The molecule has 4 aromatic carbocycles. The minimum absolute atomic E-state index is 0.224. The summed E-state index contributed by atoms with van der Waals surface area (Å²) >= 11 is 0. The van der Waals surface area contributed by atoms with Crippen LogP contribution in [0.25, 0.3) is 38.4 Å². The van der Waals surface area contributed by atoms with Crippen LogP contribution in [0, 0.1) is 5.82 Å². The molecular weight excluding hydrogens is 333 g/mol. The summed E-state index contributed by atoms with van der Waals surface area (Å²) in [4.78, 5) is 0. The van der Waals surface area contributed by atoms with Crippen molar-refractivity contribution in [1.29, 1.82) is 0 Å². The van der Waals surface area contributed by atoms with Gasteiger partial charge in [-0.1, -0.05) is 48.5 Å². The largest absolute Gasteiger partial charge is 0.210 e. The minimum Gasteiger partial charge on any atom is -0.207 e. The SMILES string of the molecule is Fc1ccc(-[n+]2ccc(-c3c4ccccc4cc4ccccc34)cc2)cc1. The van der Waals surface area contributed by atoms with Crippen molar-refractivity contribution in [3.05, 3.63) is 109 Å². The number of rotatable bonds is 2. The fraction of sp³-hybridized carbons (Fsp3) is 0. The van der Waals surface area contributed by atoms with E-state index < -0.39 is 0 Å². The summed E-state index contributed by atoms with van der Waals surface area (Å²) in [7, 11) is 0. The van der Waals surface area contributed by atoms with E-state index in [4.69, 9.17) is 0 Å². The third kappa shape index (κ3) is 2.76. The normalized spacial score (nSPS) is 11.1. The average molecular weight is 350 g/mol. The van der Waals surface area contributed by atoms with E-state index in [1.807, 2.05) is 17.0 Å². The van der Waals surface area contributed by atoms with Crippen LogP contribution in [0.1, 0.15) is 0 Å². The van der Waals surface area contributed by atoms with Crippen molar-refractivity contribution in [2.45, 2.75) is 0 Å². The van der Waals surface area contributed by atoms with Crippen LogP contribution in [-0.2, 0) is 0 Å². The molecule has 0 aliphatic heterocycles. The van der Waals surface area contributed by atoms with E-state index in [1.54, 1.807) is 12.1 Å². The van der Waals surface area contributed by atoms with Crippen LogP contribution < -0.4 is 4.57 Å². The molecule has 0 N–H and O–H groups in total. The first kappa shape index (κ1) is 15.7. The fourth-order valence-electron chi connectivity index (χ4n) is 3.70. The van der Waals surface area contributed by atoms with E-state index in [2.05, 4.69) is 66.7 Å². The molecule has 27 heavy (non-hydrogen) atoms. The minimum atomic E-state index is -0.224. The van der Waals surface area contributed by atoms with Crippen LogP contribution >= 0.6 is 0 Å². The zero-order chi connectivity index (χ0) is 18.2. The van der Waals surface area contributed by atoms with Gasteiger partial charge in [0, 0.05) is 24.3 Å². The summed E-state index contributed by atoms with van der Waals surface area (Å²) in [6.07, 6.45) is 4.05. The van der Waals surface area contributed by atoms with Gasteiger partial charge in [0.15, 0.2) is 12.4 Å². The monoisotopic (exact) mass is 350 g/mol. The molecule has 2 heteroatoms. The Bertz CT molecular complexity index is 1200. The van der Waals surface area contributed by atoms with Crippen molar-refractivity contribution >= 4 is 21.5 Å². The summed E-state index contributed by atoms with van der Waals surface area (Å²) in [6, 6.07) is 30.0. The van der Waals surface area contributed by atoms with Crippen molar-refractivity contribution < 1.29 is 8.96 Å². The van der Waals surface area contributed by atoms with Gasteiger partial charge >= 0.3 is 0 Å². The first-order chi connectivity index (χ1) is 13.3. The lowest BCUT2D eigenvalue weighted by Gasteiger charge is -2.11. The molecule has 1 aromatic heterocycles. The third-order valence-corrected chi connectivity index (χ3v) is 5.01. The summed E-state index contributed by atoms with van der Waals surface area (Å²) in [6.45, 7) is 0. The predicted molar refractivity (Wildman–Crippen MR) is 108 cm³/mol. The summed E-state index contributed by atoms with van der Waals surface area (Å²) in [5.41, 5.74) is 3.35. The Labute approximate surface area is 157 Å². The number of nitrogens with zero attached hydrogens (tertiary/aromatic N) is 1. The van der Waals surface area contributed by atoms with Crippen molar-refractivity contribution in [3.8, 4) is 16.8 Å². The molecule has 0 fully saturated rings. The van der Waals surface area contributed by atoms with Gasteiger partial charge in [-0.2, -0.15) is 4.57 Å². The first-order valence-electron chi connectivity index (χ1n) is 8.98. The van der Waals surface area contributed by atoms with Crippen molar-refractivity contribution in [2.75, 3.05) is 0 Å². The highest BCUT2D eigenvalue weighted by Crippen LogP contribution is 2.35. The number of halogens is 1. The third-order valence-electron chi connectivity index (χ3n) is 5.01. The van der Waals surface area contributed by atoms with Crippen molar-refractivity contribution in [1.82, 2.24) is 0 Å². The number of pyridine rings is 1. The first-order valence-corrected chi connectivity index (χ1v) is 8.98. The maximum atomic E-state index is 13.2. The van der Waals surface area contributed by atoms with Gasteiger partial charge in [-0.25, -0.2) is 4.39 Å². The second-order valence-electron chi connectivity index (χ2n) is 6.66. The van der Waals surface area contributed by atoms with Gasteiger partial charge in [-0.15, -0.1) is 0 Å². The molecule has 0 bridgehead atoms. The average Bonchev–Trinajstić information content (AvgIpc) is 2.73. The van der Waals surface area contributed by atoms with Crippen LogP contribution in [0.4, 0.5) is 4.39 Å². The van der Waals surface area contributed by atoms with Crippen molar-refractivity contribution in [3.63, 3.8) is 0 Å². The molecule has 0 spiro atoms. The van der Waals surface area contributed by atoms with E-state index in [9.17, 15) is 4.39 Å². The number of benzene rings is 4.